The van der Waals surface area contributed by atoms with E-state index in [4.69, 9.17) is 0 Å². The lowest BCUT2D eigenvalue weighted by atomic mass is 10.2. The molecule has 1 aromatic heterocycles. The van der Waals surface area contributed by atoms with Crippen LogP contribution in [-0.4, -0.2) is 27.5 Å². The van der Waals surface area contributed by atoms with Crippen LogP contribution < -0.4 is 5.32 Å². The minimum absolute atomic E-state index is 0.0209. The molecule has 0 aliphatic heterocycles. The Balaban J connectivity index is 1.75. The monoisotopic (exact) mass is 353 g/mol. The molecule has 3 N–H and O–H groups in total. The van der Waals surface area contributed by atoms with Gasteiger partial charge in [0.15, 0.2) is 5.69 Å². The Hall–Kier alpha value is -3.75. The number of anilines is 1. The lowest BCUT2D eigenvalue weighted by Crippen LogP contribution is -2.10. The van der Waals surface area contributed by atoms with Crippen LogP contribution in [0.25, 0.3) is 10.9 Å². The van der Waals surface area contributed by atoms with Crippen molar-refractivity contribution in [2.24, 2.45) is 10.2 Å². The van der Waals surface area contributed by atoms with Crippen LogP contribution in [0.15, 0.2) is 52.7 Å². The number of hydrogen-bond donors (Lipinski definition) is 3. The summed E-state index contributed by atoms with van der Waals surface area (Å²) in [6.07, 6.45) is 0. The van der Waals surface area contributed by atoms with Crippen LogP contribution in [0, 0.1) is 17.0 Å². The van der Waals surface area contributed by atoms with Crippen LogP contribution in [0.4, 0.5) is 17.1 Å². The number of fused-ring (bicyclic) bond motifs is 1. The van der Waals surface area contributed by atoms with Crippen LogP contribution in [0.5, 0.6) is 5.88 Å². The van der Waals surface area contributed by atoms with Crippen LogP contribution in [-0.2, 0) is 4.79 Å². The summed E-state index contributed by atoms with van der Waals surface area (Å²) in [7, 11) is 0. The number of non-ortho nitro benzene ring substituents is 1. The van der Waals surface area contributed by atoms with Crippen LogP contribution in [0.1, 0.15) is 5.56 Å². The molecule has 3 aromatic rings. The van der Waals surface area contributed by atoms with E-state index in [-0.39, 0.29) is 23.8 Å². The van der Waals surface area contributed by atoms with Crippen LogP contribution in [0.2, 0.25) is 0 Å². The van der Waals surface area contributed by atoms with Gasteiger partial charge in [0, 0.05) is 23.2 Å². The molecular formula is C17H15N5O4. The van der Waals surface area contributed by atoms with Crippen LogP contribution in [0.3, 0.4) is 0 Å². The van der Waals surface area contributed by atoms with E-state index in [1.165, 1.54) is 18.2 Å². The summed E-state index contributed by atoms with van der Waals surface area (Å²) >= 11 is 0. The lowest BCUT2D eigenvalue weighted by molar-refractivity contribution is -0.384. The van der Waals surface area contributed by atoms with E-state index >= 15 is 0 Å². The molecule has 0 aliphatic rings. The number of aromatic hydroxyl groups is 1. The molecule has 0 radical (unpaired) electrons. The van der Waals surface area contributed by atoms with Crippen molar-refractivity contribution in [3.05, 3.63) is 58.1 Å². The molecule has 0 fully saturated rings. The molecule has 0 bridgehead atoms. The van der Waals surface area contributed by atoms with Crippen LogP contribution >= 0.6 is 0 Å². The number of aryl methyl sites for hydroxylation is 1. The molecular weight excluding hydrogens is 338 g/mol. The Kier molecular flexibility index (Phi) is 4.61. The summed E-state index contributed by atoms with van der Waals surface area (Å²) < 4.78 is 0. The van der Waals surface area contributed by atoms with Gasteiger partial charge in [-0.3, -0.25) is 14.9 Å². The first-order valence-corrected chi connectivity index (χ1v) is 7.68. The number of aromatic nitrogens is 1. The first kappa shape index (κ1) is 17.1. The maximum Gasteiger partial charge on any atom is 0.283 e. The number of rotatable bonds is 5. The van der Waals surface area contributed by atoms with Crippen molar-refractivity contribution >= 4 is 33.9 Å². The largest absolute Gasteiger partial charge is 0.493 e. The SMILES string of the molecule is Cc1ccc(NCC(=O)N=Nc2c(O)[nH]c3ccc([N+](=O)[O-])cc23)cc1. The fourth-order valence-electron chi connectivity index (χ4n) is 2.36. The normalized spacial score (nSPS) is 11.1. The third-order valence-corrected chi connectivity index (χ3v) is 3.70. The number of azo groups is 1. The number of carbonyl (C=O) groups is 1. The molecule has 9 nitrogen and oxygen atoms in total. The number of nitro groups is 1. The van der Waals surface area contributed by atoms with E-state index in [0.717, 1.165) is 11.3 Å². The highest BCUT2D eigenvalue weighted by Gasteiger charge is 2.15. The molecule has 3 rings (SSSR count). The molecule has 1 heterocycles. The maximum atomic E-state index is 11.9. The highest BCUT2D eigenvalue weighted by Crippen LogP contribution is 2.37. The van der Waals surface area contributed by atoms with E-state index in [2.05, 4.69) is 20.5 Å². The minimum Gasteiger partial charge on any atom is -0.493 e. The molecule has 0 saturated carbocycles. The van der Waals surface area contributed by atoms with E-state index in [9.17, 15) is 20.0 Å². The maximum absolute atomic E-state index is 11.9. The topological polar surface area (TPSA) is 133 Å². The van der Waals surface area contributed by atoms with Crippen molar-refractivity contribution in [1.29, 1.82) is 0 Å². The van der Waals surface area contributed by atoms with Gasteiger partial charge in [-0.1, -0.05) is 17.7 Å². The van der Waals surface area contributed by atoms with Crippen molar-refractivity contribution in [1.82, 2.24) is 4.98 Å². The Labute approximate surface area is 147 Å². The van der Waals surface area contributed by atoms with E-state index in [1.807, 2.05) is 31.2 Å². The molecule has 132 valence electrons. The molecule has 0 aliphatic carbocycles. The number of amides is 1. The number of nitro benzene ring substituents is 1. The van der Waals surface area contributed by atoms with Crippen molar-refractivity contribution in [3.63, 3.8) is 0 Å². The second-order valence-electron chi connectivity index (χ2n) is 5.62. The lowest BCUT2D eigenvalue weighted by Gasteiger charge is -2.03. The summed E-state index contributed by atoms with van der Waals surface area (Å²) in [5, 5.41) is 31.3. The second kappa shape index (κ2) is 7.01. The van der Waals surface area contributed by atoms with Gasteiger partial charge in [0.1, 0.15) is 0 Å². The van der Waals surface area contributed by atoms with Gasteiger partial charge < -0.3 is 15.4 Å². The fraction of sp³-hybridized carbons (Fsp3) is 0.118. The number of hydrogen-bond acceptors (Lipinski definition) is 6. The summed E-state index contributed by atoms with van der Waals surface area (Å²) in [6.45, 7) is 1.89. The predicted octanol–water partition coefficient (Wildman–Crippen LogP) is 3.81. The quantitative estimate of drug-likeness (QED) is 0.364. The van der Waals surface area contributed by atoms with Gasteiger partial charge in [0.25, 0.3) is 11.6 Å². The van der Waals surface area contributed by atoms with Gasteiger partial charge in [-0.05, 0) is 25.1 Å². The van der Waals surface area contributed by atoms with E-state index in [0.29, 0.717) is 10.9 Å². The summed E-state index contributed by atoms with van der Waals surface area (Å²) in [6, 6.07) is 11.5. The first-order valence-electron chi connectivity index (χ1n) is 7.68. The number of nitrogens with one attached hydrogen (secondary N) is 2. The van der Waals surface area contributed by atoms with E-state index in [1.54, 1.807) is 0 Å². The van der Waals surface area contributed by atoms with Gasteiger partial charge in [-0.15, -0.1) is 10.2 Å². The number of aromatic amines is 1. The molecule has 0 atom stereocenters. The Bertz CT molecular complexity index is 1010. The van der Waals surface area contributed by atoms with Gasteiger partial charge in [0.2, 0.25) is 5.88 Å². The Morgan fingerprint density at radius 3 is 2.69 bits per heavy atom. The summed E-state index contributed by atoms with van der Waals surface area (Å²) in [4.78, 5) is 24.8. The molecule has 26 heavy (non-hydrogen) atoms. The van der Waals surface area contributed by atoms with Crippen molar-refractivity contribution in [2.45, 2.75) is 6.92 Å². The molecule has 9 heteroatoms. The Morgan fingerprint density at radius 2 is 2.00 bits per heavy atom. The number of carbonyl (C=O) groups excluding carboxylic acids is 1. The average Bonchev–Trinajstić information content (AvgIpc) is 2.93. The van der Waals surface area contributed by atoms with Crippen molar-refractivity contribution in [2.75, 3.05) is 11.9 Å². The zero-order valence-electron chi connectivity index (χ0n) is 13.8. The second-order valence-corrected chi connectivity index (χ2v) is 5.62. The van der Waals surface area contributed by atoms with Crippen molar-refractivity contribution < 1.29 is 14.8 Å². The fourth-order valence-corrected chi connectivity index (χ4v) is 2.36. The standard InChI is InChI=1S/C17H15N5O4/c1-10-2-4-11(5-3-10)18-9-15(23)20-21-16-13-8-12(22(25)26)6-7-14(13)19-17(16)24/h2-8,18-19,24H,9H2,1H3. The third-order valence-electron chi connectivity index (χ3n) is 3.70. The zero-order valence-corrected chi connectivity index (χ0v) is 13.8. The van der Waals surface area contributed by atoms with Crippen molar-refractivity contribution in [3.8, 4) is 5.88 Å². The van der Waals surface area contributed by atoms with E-state index < -0.39 is 10.8 Å². The van der Waals surface area contributed by atoms with Gasteiger partial charge in [0.05, 0.1) is 17.0 Å². The van der Waals surface area contributed by atoms with Gasteiger partial charge in [-0.25, -0.2) is 0 Å². The molecule has 0 spiro atoms. The first-order chi connectivity index (χ1) is 12.4. The predicted molar refractivity (Wildman–Crippen MR) is 95.8 cm³/mol. The molecule has 0 unspecified atom stereocenters. The smallest absolute Gasteiger partial charge is 0.283 e. The van der Waals surface area contributed by atoms with Gasteiger partial charge >= 0.3 is 0 Å². The molecule has 0 saturated heterocycles. The highest BCUT2D eigenvalue weighted by molar-refractivity contribution is 5.95. The molecule has 1 amide bonds. The van der Waals surface area contributed by atoms with Gasteiger partial charge in [-0.2, -0.15) is 0 Å². The highest BCUT2D eigenvalue weighted by atomic mass is 16.6. The number of benzene rings is 2. The summed E-state index contributed by atoms with van der Waals surface area (Å²) in [5.74, 6) is -0.867. The molecule has 2 aromatic carbocycles. The minimum atomic E-state index is -0.555. The number of nitrogens with zero attached hydrogens (tertiary/aromatic N) is 3. The third kappa shape index (κ3) is 3.66. The zero-order chi connectivity index (χ0) is 18.7. The average molecular weight is 353 g/mol. The Morgan fingerprint density at radius 1 is 1.27 bits per heavy atom. The summed E-state index contributed by atoms with van der Waals surface area (Å²) in [5.41, 5.74) is 2.15. The number of H-pyrrole nitrogens is 1.